The Balaban J connectivity index is 1.41. The molecule has 2 aromatic rings. The Morgan fingerprint density at radius 1 is 1.12 bits per heavy atom. The van der Waals surface area contributed by atoms with Gasteiger partial charge in [0.1, 0.15) is 0 Å². The maximum Gasteiger partial charge on any atom is 0.416 e. The summed E-state index contributed by atoms with van der Waals surface area (Å²) in [5.41, 5.74) is 0.719. The topological polar surface area (TPSA) is 78.7 Å². The van der Waals surface area contributed by atoms with Gasteiger partial charge in [-0.05, 0) is 50.2 Å². The monoisotopic (exact) mass is 450 g/mol. The molecule has 0 spiro atoms. The summed E-state index contributed by atoms with van der Waals surface area (Å²) in [5.74, 6) is -0.280. The van der Waals surface area contributed by atoms with E-state index < -0.39 is 16.7 Å². The largest absolute Gasteiger partial charge is 0.416 e. The van der Waals surface area contributed by atoms with Crippen molar-refractivity contribution in [3.8, 4) is 0 Å². The van der Waals surface area contributed by atoms with E-state index in [2.05, 4.69) is 10.2 Å². The van der Waals surface area contributed by atoms with Gasteiger partial charge in [-0.15, -0.1) is 0 Å². The SMILES string of the molecule is Cc1cc(C(=O)NCCCN2CCN(c3cccc(C(F)(F)F)c3)CC2)ccc1[N+](=O)[O-]. The van der Waals surface area contributed by atoms with Gasteiger partial charge in [0, 0.05) is 55.6 Å². The zero-order valence-corrected chi connectivity index (χ0v) is 17.7. The minimum atomic E-state index is -4.35. The molecule has 7 nitrogen and oxygen atoms in total. The molecule has 0 unspecified atom stereocenters. The van der Waals surface area contributed by atoms with Crippen molar-refractivity contribution in [1.29, 1.82) is 0 Å². The first-order chi connectivity index (χ1) is 15.1. The van der Waals surface area contributed by atoms with Crippen LogP contribution in [0.4, 0.5) is 24.5 Å². The van der Waals surface area contributed by atoms with E-state index in [-0.39, 0.29) is 11.6 Å². The van der Waals surface area contributed by atoms with Gasteiger partial charge in [-0.3, -0.25) is 19.8 Å². The minimum absolute atomic E-state index is 0.0224. The molecular formula is C22H25F3N4O3. The van der Waals surface area contributed by atoms with Crippen molar-refractivity contribution in [2.24, 2.45) is 0 Å². The second-order valence-electron chi connectivity index (χ2n) is 7.74. The lowest BCUT2D eigenvalue weighted by atomic mass is 10.1. The van der Waals surface area contributed by atoms with Gasteiger partial charge in [-0.1, -0.05) is 6.07 Å². The van der Waals surface area contributed by atoms with Crippen LogP contribution in [-0.4, -0.2) is 55.0 Å². The van der Waals surface area contributed by atoms with Gasteiger partial charge < -0.3 is 10.2 Å². The third kappa shape index (κ3) is 5.97. The molecule has 2 aromatic carbocycles. The van der Waals surface area contributed by atoms with Crippen LogP contribution in [-0.2, 0) is 6.18 Å². The van der Waals surface area contributed by atoms with E-state index in [1.54, 1.807) is 13.0 Å². The summed E-state index contributed by atoms with van der Waals surface area (Å²) in [7, 11) is 0. The van der Waals surface area contributed by atoms with Crippen LogP contribution >= 0.6 is 0 Å². The number of halogens is 3. The number of amides is 1. The Kier molecular flexibility index (Phi) is 7.34. The van der Waals surface area contributed by atoms with E-state index in [0.717, 1.165) is 32.1 Å². The Labute approximate surface area is 184 Å². The molecule has 0 aromatic heterocycles. The Morgan fingerprint density at radius 2 is 1.84 bits per heavy atom. The molecule has 0 saturated carbocycles. The molecule has 1 aliphatic rings. The second kappa shape index (κ2) is 9.99. The highest BCUT2D eigenvalue weighted by Crippen LogP contribution is 2.31. The molecular weight excluding hydrogens is 425 g/mol. The van der Waals surface area contributed by atoms with Crippen LogP contribution in [0.25, 0.3) is 0 Å². The number of aryl methyl sites for hydroxylation is 1. The number of rotatable bonds is 7. The average Bonchev–Trinajstić information content (AvgIpc) is 2.76. The highest BCUT2D eigenvalue weighted by molar-refractivity contribution is 5.94. The molecule has 0 bridgehead atoms. The second-order valence-corrected chi connectivity index (χ2v) is 7.74. The molecule has 10 heteroatoms. The summed E-state index contributed by atoms with van der Waals surface area (Å²) in [4.78, 5) is 26.8. The number of alkyl halides is 3. The first-order valence-electron chi connectivity index (χ1n) is 10.3. The zero-order valence-electron chi connectivity index (χ0n) is 17.7. The van der Waals surface area contributed by atoms with Crippen molar-refractivity contribution in [3.63, 3.8) is 0 Å². The number of nitro groups is 1. The Bertz CT molecular complexity index is 973. The number of nitrogens with one attached hydrogen (secondary N) is 1. The van der Waals surface area contributed by atoms with Crippen molar-refractivity contribution in [2.45, 2.75) is 19.5 Å². The number of hydrogen-bond donors (Lipinski definition) is 1. The molecule has 172 valence electrons. The number of piperazine rings is 1. The number of nitrogens with zero attached hydrogens (tertiary/aromatic N) is 3. The van der Waals surface area contributed by atoms with Gasteiger partial charge >= 0.3 is 6.18 Å². The van der Waals surface area contributed by atoms with Crippen molar-refractivity contribution in [3.05, 3.63) is 69.3 Å². The van der Waals surface area contributed by atoms with Gasteiger partial charge in [0.05, 0.1) is 10.5 Å². The maximum atomic E-state index is 12.9. The Hall–Kier alpha value is -3.14. The predicted molar refractivity (Wildman–Crippen MR) is 115 cm³/mol. The van der Waals surface area contributed by atoms with Crippen molar-refractivity contribution >= 4 is 17.3 Å². The van der Waals surface area contributed by atoms with E-state index in [9.17, 15) is 28.1 Å². The summed E-state index contributed by atoms with van der Waals surface area (Å²) < 4.78 is 38.8. The number of hydrogen-bond acceptors (Lipinski definition) is 5. The molecule has 32 heavy (non-hydrogen) atoms. The lowest BCUT2D eigenvalue weighted by Crippen LogP contribution is -2.47. The van der Waals surface area contributed by atoms with Gasteiger partial charge in [0.15, 0.2) is 0 Å². The molecule has 1 amide bonds. The number of carbonyl (C=O) groups is 1. The van der Waals surface area contributed by atoms with Crippen LogP contribution in [0.5, 0.6) is 0 Å². The van der Waals surface area contributed by atoms with Gasteiger partial charge in [-0.2, -0.15) is 13.2 Å². The normalized spacial score (nSPS) is 14.9. The number of carbonyl (C=O) groups excluding carboxylic acids is 1. The quantitative estimate of drug-likeness (QED) is 0.394. The van der Waals surface area contributed by atoms with Crippen LogP contribution in [0.1, 0.15) is 27.9 Å². The van der Waals surface area contributed by atoms with E-state index in [4.69, 9.17) is 0 Å². The van der Waals surface area contributed by atoms with E-state index >= 15 is 0 Å². The van der Waals surface area contributed by atoms with Gasteiger partial charge in [-0.25, -0.2) is 0 Å². The third-order valence-electron chi connectivity index (χ3n) is 5.50. The summed E-state index contributed by atoms with van der Waals surface area (Å²) in [6.07, 6.45) is -3.63. The molecule has 1 N–H and O–H groups in total. The van der Waals surface area contributed by atoms with Crippen LogP contribution < -0.4 is 10.2 Å². The van der Waals surface area contributed by atoms with Crippen LogP contribution in [0.3, 0.4) is 0 Å². The summed E-state index contributed by atoms with van der Waals surface area (Å²) in [6, 6.07) is 9.65. The van der Waals surface area contributed by atoms with Crippen LogP contribution in [0, 0.1) is 17.0 Å². The lowest BCUT2D eigenvalue weighted by Gasteiger charge is -2.36. The number of anilines is 1. The minimum Gasteiger partial charge on any atom is -0.369 e. The standard InChI is InChI=1S/C22H25F3N4O3/c1-16-14-17(6-7-20(16)29(31)32)21(30)26-8-3-9-27-10-12-28(13-11-27)19-5-2-4-18(15-19)22(23,24)25/h2,4-7,14-15H,3,8-13H2,1H3,(H,26,30). The summed E-state index contributed by atoms with van der Waals surface area (Å²) >= 11 is 0. The molecule has 1 aliphatic heterocycles. The van der Waals surface area contributed by atoms with Gasteiger partial charge in [0.25, 0.3) is 11.6 Å². The summed E-state index contributed by atoms with van der Waals surface area (Å²) in [6.45, 7) is 5.54. The lowest BCUT2D eigenvalue weighted by molar-refractivity contribution is -0.385. The van der Waals surface area contributed by atoms with Crippen LogP contribution in [0.2, 0.25) is 0 Å². The van der Waals surface area contributed by atoms with Crippen molar-refractivity contribution in [2.75, 3.05) is 44.2 Å². The molecule has 1 heterocycles. The molecule has 0 atom stereocenters. The average molecular weight is 450 g/mol. The highest BCUT2D eigenvalue weighted by atomic mass is 19.4. The van der Waals surface area contributed by atoms with Crippen molar-refractivity contribution < 1.29 is 22.9 Å². The summed E-state index contributed by atoms with van der Waals surface area (Å²) in [5, 5.41) is 13.7. The zero-order chi connectivity index (χ0) is 23.3. The first kappa shape index (κ1) is 23.5. The third-order valence-corrected chi connectivity index (χ3v) is 5.50. The fourth-order valence-corrected chi connectivity index (χ4v) is 3.72. The fraction of sp³-hybridized carbons (Fsp3) is 0.409. The molecule has 0 radical (unpaired) electrons. The highest BCUT2D eigenvalue weighted by Gasteiger charge is 2.31. The first-order valence-corrected chi connectivity index (χ1v) is 10.3. The van der Waals surface area contributed by atoms with E-state index in [0.29, 0.717) is 36.4 Å². The molecule has 0 aliphatic carbocycles. The number of benzene rings is 2. The Morgan fingerprint density at radius 3 is 2.47 bits per heavy atom. The van der Waals surface area contributed by atoms with E-state index in [1.165, 1.54) is 30.3 Å². The van der Waals surface area contributed by atoms with Crippen molar-refractivity contribution in [1.82, 2.24) is 10.2 Å². The van der Waals surface area contributed by atoms with E-state index in [1.807, 2.05) is 4.90 Å². The molecule has 3 rings (SSSR count). The maximum absolute atomic E-state index is 12.9. The smallest absolute Gasteiger partial charge is 0.369 e. The van der Waals surface area contributed by atoms with Crippen LogP contribution in [0.15, 0.2) is 42.5 Å². The van der Waals surface area contributed by atoms with Gasteiger partial charge in [0.2, 0.25) is 0 Å². The fourth-order valence-electron chi connectivity index (χ4n) is 3.72. The predicted octanol–water partition coefficient (Wildman–Crippen LogP) is 3.86. The molecule has 1 saturated heterocycles. The number of nitro benzene ring substituents is 1. The molecule has 1 fully saturated rings.